The summed E-state index contributed by atoms with van der Waals surface area (Å²) >= 11 is 0. The van der Waals surface area contributed by atoms with Crippen LogP contribution in [0.1, 0.15) is 44.4 Å². The molecular weight excluding hydrogens is 486 g/mol. The number of rotatable bonds is 11. The number of methoxy groups -OCH3 is 1. The summed E-state index contributed by atoms with van der Waals surface area (Å²) in [6, 6.07) is 14.6. The zero-order valence-corrected chi connectivity index (χ0v) is 21.9. The smallest absolute Gasteiger partial charge is 0.244 e. The van der Waals surface area contributed by atoms with E-state index in [9.17, 15) is 24.0 Å². The van der Waals surface area contributed by atoms with Crippen LogP contribution in [0.3, 0.4) is 0 Å². The van der Waals surface area contributed by atoms with E-state index >= 15 is 0 Å². The number of nitrogens with one attached hydrogen (secondary N) is 3. The van der Waals surface area contributed by atoms with Gasteiger partial charge in [-0.05, 0) is 35.3 Å². The molecule has 3 rings (SSSR count). The van der Waals surface area contributed by atoms with Gasteiger partial charge in [-0.25, -0.2) is 0 Å². The average Bonchev–Trinajstić information content (AvgIpc) is 3.16. The maximum absolute atomic E-state index is 13.2. The van der Waals surface area contributed by atoms with Crippen LogP contribution in [0.2, 0.25) is 0 Å². The number of ketones is 1. The molecule has 4 amide bonds. The van der Waals surface area contributed by atoms with Crippen molar-refractivity contribution in [2.24, 2.45) is 17.8 Å². The molecule has 9 heteroatoms. The van der Waals surface area contributed by atoms with Crippen molar-refractivity contribution < 1.29 is 28.7 Å². The summed E-state index contributed by atoms with van der Waals surface area (Å²) in [6.45, 7) is 5.02. The van der Waals surface area contributed by atoms with Gasteiger partial charge >= 0.3 is 0 Å². The van der Waals surface area contributed by atoms with Crippen molar-refractivity contribution in [1.82, 2.24) is 16.0 Å². The number of carbonyl (C=O) groups excluding carboxylic acids is 5. The summed E-state index contributed by atoms with van der Waals surface area (Å²) in [7, 11) is 1.57. The molecule has 3 N–H and O–H groups in total. The molecule has 4 atom stereocenters. The Morgan fingerprint density at radius 1 is 0.974 bits per heavy atom. The van der Waals surface area contributed by atoms with Gasteiger partial charge in [0, 0.05) is 6.08 Å². The first-order chi connectivity index (χ1) is 18.1. The van der Waals surface area contributed by atoms with Crippen LogP contribution in [0.25, 0.3) is 6.08 Å². The van der Waals surface area contributed by atoms with Crippen LogP contribution in [-0.2, 0) is 24.0 Å². The molecule has 2 aromatic rings. The minimum atomic E-state index is -1.15. The molecule has 0 saturated carbocycles. The Labute approximate surface area is 222 Å². The summed E-state index contributed by atoms with van der Waals surface area (Å²) in [6.07, 6.45) is 2.90. The third kappa shape index (κ3) is 7.15. The predicted octanol–water partition coefficient (Wildman–Crippen LogP) is 2.57. The van der Waals surface area contributed by atoms with Crippen molar-refractivity contribution in [2.75, 3.05) is 7.11 Å². The zero-order chi connectivity index (χ0) is 27.8. The fourth-order valence-electron chi connectivity index (χ4n) is 4.29. The Bertz CT molecular complexity index is 1210. The van der Waals surface area contributed by atoms with Gasteiger partial charge in [0.2, 0.25) is 23.6 Å². The molecule has 0 bridgehead atoms. The summed E-state index contributed by atoms with van der Waals surface area (Å²) in [4.78, 5) is 63.1. The summed E-state index contributed by atoms with van der Waals surface area (Å²) in [5.41, 5.74) is 1.52. The fraction of sp³-hybridized carbons (Fsp3) is 0.345. The SMILES string of the molecule is COc1ccc(/C=C/C(=O)N[C@H](CC(=O)N[C@@H](C(=O)[C@@H]2C(=O)NC(=O)[C@H]2C)C(C)C)c2ccccc2)cc1. The van der Waals surface area contributed by atoms with E-state index in [2.05, 4.69) is 16.0 Å². The second-order valence-electron chi connectivity index (χ2n) is 9.59. The number of ether oxygens (including phenoxy) is 1. The van der Waals surface area contributed by atoms with Crippen LogP contribution in [0, 0.1) is 17.8 Å². The first-order valence-electron chi connectivity index (χ1n) is 12.5. The van der Waals surface area contributed by atoms with Crippen LogP contribution in [-0.4, -0.2) is 42.6 Å². The van der Waals surface area contributed by atoms with E-state index in [1.165, 1.54) is 13.0 Å². The molecule has 2 aromatic carbocycles. The Morgan fingerprint density at radius 3 is 2.18 bits per heavy atom. The molecule has 0 aromatic heterocycles. The van der Waals surface area contributed by atoms with E-state index < -0.39 is 53.3 Å². The molecule has 1 aliphatic heterocycles. The van der Waals surface area contributed by atoms with Crippen molar-refractivity contribution in [3.8, 4) is 5.75 Å². The van der Waals surface area contributed by atoms with Crippen molar-refractivity contribution in [3.63, 3.8) is 0 Å². The summed E-state index contributed by atoms with van der Waals surface area (Å²) in [5, 5.41) is 7.77. The standard InChI is InChI=1S/C29H33N3O6/c1-17(2)26(27(35)25-18(3)28(36)32-29(25)37)31-24(34)16-22(20-8-6-5-7-9-20)30-23(33)15-12-19-10-13-21(38-4)14-11-19/h5-15,17-18,22,25-26H,16H2,1-4H3,(H,30,33)(H,31,34)(H,32,36,37)/b15-12+/t18-,22+,25+,26+/m0/s1. The lowest BCUT2D eigenvalue weighted by atomic mass is 9.85. The van der Waals surface area contributed by atoms with Crippen LogP contribution in [0.5, 0.6) is 5.75 Å². The van der Waals surface area contributed by atoms with E-state index in [0.717, 1.165) is 11.1 Å². The number of benzene rings is 2. The van der Waals surface area contributed by atoms with Gasteiger partial charge in [-0.15, -0.1) is 0 Å². The maximum Gasteiger partial charge on any atom is 0.244 e. The Hall–Kier alpha value is -4.27. The van der Waals surface area contributed by atoms with Gasteiger partial charge in [0.1, 0.15) is 11.7 Å². The van der Waals surface area contributed by atoms with E-state index in [4.69, 9.17) is 4.74 Å². The Balaban J connectivity index is 1.71. The number of hydrogen-bond donors (Lipinski definition) is 3. The molecule has 0 spiro atoms. The lowest BCUT2D eigenvalue weighted by Gasteiger charge is -2.25. The number of amides is 4. The van der Waals surface area contributed by atoms with Gasteiger partial charge in [-0.3, -0.25) is 29.3 Å². The van der Waals surface area contributed by atoms with Gasteiger partial charge in [0.05, 0.1) is 31.5 Å². The first-order valence-corrected chi connectivity index (χ1v) is 12.5. The van der Waals surface area contributed by atoms with Gasteiger partial charge in [0.25, 0.3) is 0 Å². The predicted molar refractivity (Wildman–Crippen MR) is 142 cm³/mol. The van der Waals surface area contributed by atoms with Crippen LogP contribution in [0.4, 0.5) is 0 Å². The average molecular weight is 520 g/mol. The highest BCUT2D eigenvalue weighted by molar-refractivity contribution is 6.16. The Kier molecular flexibility index (Phi) is 9.54. The van der Waals surface area contributed by atoms with E-state index in [1.807, 2.05) is 18.2 Å². The molecule has 9 nitrogen and oxygen atoms in total. The molecular formula is C29H33N3O6. The van der Waals surface area contributed by atoms with E-state index in [1.54, 1.807) is 63.4 Å². The summed E-state index contributed by atoms with van der Waals surface area (Å²) < 4.78 is 5.14. The van der Waals surface area contributed by atoms with Gasteiger partial charge in [-0.2, -0.15) is 0 Å². The lowest BCUT2D eigenvalue weighted by Crippen LogP contribution is -2.49. The van der Waals surface area contributed by atoms with Crippen LogP contribution in [0.15, 0.2) is 60.7 Å². The molecule has 0 aliphatic carbocycles. The van der Waals surface area contributed by atoms with Crippen molar-refractivity contribution >= 4 is 35.5 Å². The molecule has 0 radical (unpaired) electrons. The fourth-order valence-corrected chi connectivity index (χ4v) is 4.29. The minimum absolute atomic E-state index is 0.131. The highest BCUT2D eigenvalue weighted by Crippen LogP contribution is 2.24. The monoisotopic (exact) mass is 519 g/mol. The van der Waals surface area contributed by atoms with Gasteiger partial charge < -0.3 is 15.4 Å². The second-order valence-corrected chi connectivity index (χ2v) is 9.59. The van der Waals surface area contributed by atoms with Crippen LogP contribution >= 0.6 is 0 Å². The molecule has 38 heavy (non-hydrogen) atoms. The Morgan fingerprint density at radius 2 is 1.63 bits per heavy atom. The first kappa shape index (κ1) is 28.3. The molecule has 1 fully saturated rings. The highest BCUT2D eigenvalue weighted by atomic mass is 16.5. The van der Waals surface area contributed by atoms with E-state index in [-0.39, 0.29) is 12.3 Å². The van der Waals surface area contributed by atoms with Gasteiger partial charge in [-0.1, -0.05) is 63.2 Å². The molecule has 1 saturated heterocycles. The normalized spacial score (nSPS) is 18.7. The molecule has 0 unspecified atom stereocenters. The number of imide groups is 1. The largest absolute Gasteiger partial charge is 0.497 e. The number of Topliss-reactive ketones (excluding diaryl/α,β-unsaturated/α-hetero) is 1. The third-order valence-corrected chi connectivity index (χ3v) is 6.49. The maximum atomic E-state index is 13.2. The molecule has 200 valence electrons. The third-order valence-electron chi connectivity index (χ3n) is 6.49. The van der Waals surface area contributed by atoms with Crippen molar-refractivity contribution in [3.05, 3.63) is 71.8 Å². The molecule has 1 aliphatic rings. The van der Waals surface area contributed by atoms with Gasteiger partial charge in [0.15, 0.2) is 5.78 Å². The lowest BCUT2D eigenvalue weighted by molar-refractivity contribution is -0.137. The summed E-state index contributed by atoms with van der Waals surface area (Å²) in [5.74, 6) is -4.09. The van der Waals surface area contributed by atoms with Crippen molar-refractivity contribution in [2.45, 2.75) is 39.3 Å². The highest BCUT2D eigenvalue weighted by Gasteiger charge is 2.46. The van der Waals surface area contributed by atoms with Crippen LogP contribution < -0.4 is 20.7 Å². The van der Waals surface area contributed by atoms with Crippen molar-refractivity contribution in [1.29, 1.82) is 0 Å². The number of hydrogen-bond acceptors (Lipinski definition) is 6. The number of carbonyl (C=O) groups is 5. The zero-order valence-electron chi connectivity index (χ0n) is 21.9. The topological polar surface area (TPSA) is 131 Å². The second kappa shape index (κ2) is 12.8. The quantitative estimate of drug-likeness (QED) is 0.238. The molecule has 1 heterocycles. The minimum Gasteiger partial charge on any atom is -0.497 e. The van der Waals surface area contributed by atoms with E-state index in [0.29, 0.717) is 5.75 Å².